The molecule has 0 radical (unpaired) electrons. The van der Waals surface area contributed by atoms with Gasteiger partial charge in [-0.15, -0.1) is 0 Å². The number of carboxylic acid groups (broad SMARTS) is 1. The Labute approximate surface area is 170 Å². The van der Waals surface area contributed by atoms with E-state index in [4.69, 9.17) is 5.11 Å². The maximum Gasteiger partial charge on any atom is 0.303 e. The molecule has 4 aliphatic carbocycles. The minimum Gasteiger partial charge on any atom is -0.481 e. The van der Waals surface area contributed by atoms with Crippen molar-refractivity contribution in [2.75, 3.05) is 0 Å². The summed E-state index contributed by atoms with van der Waals surface area (Å²) >= 11 is 0. The van der Waals surface area contributed by atoms with Crippen LogP contribution >= 0.6 is 0 Å². The second kappa shape index (κ2) is 7.27. The molecule has 4 aliphatic rings. The predicted molar refractivity (Wildman–Crippen MR) is 109 cm³/mol. The number of carbonyl (C=O) groups is 1. The van der Waals surface area contributed by atoms with E-state index in [1.165, 1.54) is 25.7 Å². The zero-order valence-electron chi connectivity index (χ0n) is 17.9. The van der Waals surface area contributed by atoms with Gasteiger partial charge in [-0.3, -0.25) is 4.79 Å². The summed E-state index contributed by atoms with van der Waals surface area (Å²) in [6.07, 6.45) is 9.19. The van der Waals surface area contributed by atoms with Gasteiger partial charge in [0, 0.05) is 6.42 Å². The molecule has 0 aromatic heterocycles. The lowest BCUT2D eigenvalue weighted by Crippen LogP contribution is -2.58. The van der Waals surface area contributed by atoms with Crippen LogP contribution in [-0.4, -0.2) is 33.5 Å². The lowest BCUT2D eigenvalue weighted by molar-refractivity contribution is -0.174. The Hall–Kier alpha value is -0.610. The van der Waals surface area contributed by atoms with Crippen molar-refractivity contribution in [2.24, 2.45) is 46.3 Å². The van der Waals surface area contributed by atoms with Gasteiger partial charge in [0.2, 0.25) is 0 Å². The molecule has 0 aromatic carbocycles. The van der Waals surface area contributed by atoms with Gasteiger partial charge in [-0.05, 0) is 104 Å². The Morgan fingerprint density at radius 2 is 1.68 bits per heavy atom. The van der Waals surface area contributed by atoms with Crippen LogP contribution in [-0.2, 0) is 4.79 Å². The zero-order chi connectivity index (χ0) is 20.3. The second-order valence-corrected chi connectivity index (χ2v) is 11.4. The van der Waals surface area contributed by atoms with Crippen LogP contribution in [0.4, 0.5) is 0 Å². The van der Waals surface area contributed by atoms with Crippen LogP contribution < -0.4 is 0 Å². The van der Waals surface area contributed by atoms with E-state index in [1.807, 2.05) is 0 Å². The Bertz CT molecular complexity index is 605. The molecule has 10 atom stereocenters. The summed E-state index contributed by atoms with van der Waals surface area (Å²) in [5.74, 6) is 2.36. The highest BCUT2D eigenvalue weighted by Crippen LogP contribution is 2.68. The minimum atomic E-state index is -0.684. The molecule has 4 saturated carbocycles. The molecule has 160 valence electrons. The van der Waals surface area contributed by atoms with Crippen LogP contribution in [0.25, 0.3) is 0 Å². The van der Waals surface area contributed by atoms with Crippen molar-refractivity contribution in [3.05, 3.63) is 0 Å². The highest BCUT2D eigenvalue weighted by Gasteiger charge is 2.62. The van der Waals surface area contributed by atoms with E-state index in [9.17, 15) is 15.0 Å². The van der Waals surface area contributed by atoms with E-state index in [0.29, 0.717) is 35.5 Å². The molecule has 0 spiro atoms. The Morgan fingerprint density at radius 3 is 2.39 bits per heavy atom. The molecule has 0 aliphatic heterocycles. The Balaban J connectivity index is 1.55. The smallest absolute Gasteiger partial charge is 0.303 e. The summed E-state index contributed by atoms with van der Waals surface area (Å²) in [6, 6.07) is 0. The fourth-order valence-electron chi connectivity index (χ4n) is 8.73. The van der Waals surface area contributed by atoms with E-state index in [0.717, 1.165) is 32.1 Å². The van der Waals surface area contributed by atoms with Crippen molar-refractivity contribution in [1.82, 2.24) is 0 Å². The van der Waals surface area contributed by atoms with Gasteiger partial charge in [-0.2, -0.15) is 0 Å². The van der Waals surface area contributed by atoms with E-state index >= 15 is 0 Å². The summed E-state index contributed by atoms with van der Waals surface area (Å²) in [4.78, 5) is 11.1. The van der Waals surface area contributed by atoms with Crippen molar-refractivity contribution in [3.8, 4) is 0 Å². The fraction of sp³-hybridized carbons (Fsp3) is 0.958. The molecule has 28 heavy (non-hydrogen) atoms. The van der Waals surface area contributed by atoms with Gasteiger partial charge < -0.3 is 15.3 Å². The summed E-state index contributed by atoms with van der Waals surface area (Å²) in [7, 11) is 0. The summed E-state index contributed by atoms with van der Waals surface area (Å²) in [5.41, 5.74) is 0.523. The lowest BCUT2D eigenvalue weighted by Gasteiger charge is -2.62. The number of fused-ring (bicyclic) bond motifs is 5. The largest absolute Gasteiger partial charge is 0.481 e. The normalized spacial score (nSPS) is 51.7. The molecular weight excluding hydrogens is 352 g/mol. The van der Waals surface area contributed by atoms with Gasteiger partial charge in [0.15, 0.2) is 0 Å². The third kappa shape index (κ3) is 3.14. The lowest BCUT2D eigenvalue weighted by atomic mass is 9.43. The standard InChI is InChI=1S/C24H40O4/c1-14(4-7-21(27)28)17-5-6-18-22-19(9-11-24(17,18)3)23(2)10-8-16(25)12-15(23)13-20(22)26/h14-20,22,25-26H,4-13H2,1-3H3,(H,27,28)/t14-,15-,16+,17-,18+,19+,20-,22+,23+,24-/m1/s1. The highest BCUT2D eigenvalue weighted by atomic mass is 16.4. The molecule has 0 saturated heterocycles. The molecule has 0 amide bonds. The van der Waals surface area contributed by atoms with Gasteiger partial charge in [0.05, 0.1) is 12.2 Å². The SMILES string of the molecule is C[C@H](CCC(=O)O)[C@H]1CC[C@H]2[C@@H]3[C@H](O)C[C@H]4C[C@@H](O)CC[C@]4(C)[C@H]3CC[C@]12C. The van der Waals surface area contributed by atoms with Gasteiger partial charge in [-0.1, -0.05) is 20.8 Å². The topological polar surface area (TPSA) is 77.8 Å². The highest BCUT2D eigenvalue weighted by molar-refractivity contribution is 5.66. The third-order valence-electron chi connectivity index (χ3n) is 10.2. The van der Waals surface area contributed by atoms with E-state index in [2.05, 4.69) is 20.8 Å². The van der Waals surface area contributed by atoms with Crippen LogP contribution in [0.1, 0.15) is 85.0 Å². The Kier molecular flexibility index (Phi) is 5.36. The molecule has 3 N–H and O–H groups in total. The Morgan fingerprint density at radius 1 is 1.00 bits per heavy atom. The monoisotopic (exact) mass is 392 g/mol. The molecule has 0 aromatic rings. The quantitative estimate of drug-likeness (QED) is 0.659. The van der Waals surface area contributed by atoms with Crippen molar-refractivity contribution in [2.45, 2.75) is 97.2 Å². The number of hydrogen-bond donors (Lipinski definition) is 3. The first kappa shape index (κ1) is 20.7. The molecule has 0 unspecified atom stereocenters. The van der Waals surface area contributed by atoms with E-state index in [-0.39, 0.29) is 29.5 Å². The van der Waals surface area contributed by atoms with Crippen molar-refractivity contribution in [3.63, 3.8) is 0 Å². The van der Waals surface area contributed by atoms with Crippen LogP contribution in [0.3, 0.4) is 0 Å². The average molecular weight is 393 g/mol. The predicted octanol–water partition coefficient (Wildman–Crippen LogP) is 4.48. The van der Waals surface area contributed by atoms with E-state index in [1.54, 1.807) is 0 Å². The maximum atomic E-state index is 11.2. The summed E-state index contributed by atoms with van der Waals surface area (Å²) in [6.45, 7) is 7.16. The minimum absolute atomic E-state index is 0.179. The molecular formula is C24H40O4. The molecule has 4 heteroatoms. The van der Waals surface area contributed by atoms with Crippen LogP contribution in [0, 0.1) is 46.3 Å². The molecule has 4 rings (SSSR count). The number of aliphatic hydroxyl groups is 2. The average Bonchev–Trinajstić information content (AvgIpc) is 2.98. The number of carboxylic acids is 1. The molecule has 4 fully saturated rings. The summed E-state index contributed by atoms with van der Waals surface area (Å²) < 4.78 is 0. The third-order valence-corrected chi connectivity index (χ3v) is 10.2. The van der Waals surface area contributed by atoms with Gasteiger partial charge in [-0.25, -0.2) is 0 Å². The van der Waals surface area contributed by atoms with Crippen LogP contribution in [0.2, 0.25) is 0 Å². The number of aliphatic hydroxyl groups excluding tert-OH is 2. The van der Waals surface area contributed by atoms with Crippen LogP contribution in [0.5, 0.6) is 0 Å². The first-order chi connectivity index (χ1) is 13.2. The number of hydrogen-bond acceptors (Lipinski definition) is 3. The fourth-order valence-corrected chi connectivity index (χ4v) is 8.73. The molecule has 0 bridgehead atoms. The van der Waals surface area contributed by atoms with Gasteiger partial charge in [0.1, 0.15) is 0 Å². The number of rotatable bonds is 4. The van der Waals surface area contributed by atoms with Crippen molar-refractivity contribution < 1.29 is 20.1 Å². The van der Waals surface area contributed by atoms with Crippen LogP contribution in [0.15, 0.2) is 0 Å². The first-order valence-corrected chi connectivity index (χ1v) is 11.7. The molecule has 0 heterocycles. The van der Waals surface area contributed by atoms with Crippen molar-refractivity contribution >= 4 is 5.97 Å². The van der Waals surface area contributed by atoms with Crippen molar-refractivity contribution in [1.29, 1.82) is 0 Å². The number of aliphatic carboxylic acids is 1. The van der Waals surface area contributed by atoms with E-state index < -0.39 is 5.97 Å². The first-order valence-electron chi connectivity index (χ1n) is 11.7. The van der Waals surface area contributed by atoms with Gasteiger partial charge >= 0.3 is 5.97 Å². The van der Waals surface area contributed by atoms with Gasteiger partial charge in [0.25, 0.3) is 0 Å². The maximum absolute atomic E-state index is 11.2. The second-order valence-electron chi connectivity index (χ2n) is 11.4. The molecule has 4 nitrogen and oxygen atoms in total. The summed E-state index contributed by atoms with van der Waals surface area (Å²) in [5, 5.41) is 30.5. The zero-order valence-corrected chi connectivity index (χ0v) is 17.9.